The van der Waals surface area contributed by atoms with Gasteiger partial charge in [0, 0.05) is 0 Å². The maximum atomic E-state index is 11.5. The van der Waals surface area contributed by atoms with Crippen LogP contribution in [0.3, 0.4) is 0 Å². The number of hydrogen-bond acceptors (Lipinski definition) is 3. The standard InChI is InChI=1S/C15H18O3/c1-15(2,3)18-14(17)11-13(16)10-9-12-7-5-4-6-8-12/h4-10H,11H2,1-3H3. The highest BCUT2D eigenvalue weighted by Gasteiger charge is 2.17. The molecule has 0 N–H and O–H groups in total. The third-order valence-electron chi connectivity index (χ3n) is 2.00. The van der Waals surface area contributed by atoms with Gasteiger partial charge in [0.25, 0.3) is 0 Å². The number of carbonyl (C=O) groups is 2. The van der Waals surface area contributed by atoms with Crippen LogP contribution in [0.25, 0.3) is 6.08 Å². The van der Waals surface area contributed by atoms with Gasteiger partial charge in [-0.25, -0.2) is 0 Å². The number of ketones is 1. The van der Waals surface area contributed by atoms with E-state index in [0.717, 1.165) is 5.56 Å². The molecule has 0 saturated carbocycles. The molecule has 0 aliphatic rings. The second-order valence-corrected chi connectivity index (χ2v) is 4.97. The molecule has 0 aliphatic heterocycles. The Hall–Kier alpha value is -1.90. The van der Waals surface area contributed by atoms with Gasteiger partial charge in [0.1, 0.15) is 12.0 Å². The van der Waals surface area contributed by atoms with Crippen molar-refractivity contribution < 1.29 is 14.3 Å². The third-order valence-corrected chi connectivity index (χ3v) is 2.00. The van der Waals surface area contributed by atoms with Gasteiger partial charge in [0.2, 0.25) is 0 Å². The molecule has 0 amide bonds. The SMILES string of the molecule is CC(C)(C)OC(=O)CC(=O)C=Cc1ccccc1. The Morgan fingerprint density at radius 1 is 1.17 bits per heavy atom. The largest absolute Gasteiger partial charge is 0.460 e. The first kappa shape index (κ1) is 14.2. The molecule has 1 aromatic carbocycles. The number of esters is 1. The van der Waals surface area contributed by atoms with Crippen molar-refractivity contribution in [3.8, 4) is 0 Å². The Bertz CT molecular complexity index is 439. The Morgan fingerprint density at radius 3 is 2.33 bits per heavy atom. The average Bonchev–Trinajstić information content (AvgIpc) is 2.25. The summed E-state index contributed by atoms with van der Waals surface area (Å²) in [6.07, 6.45) is 2.87. The minimum atomic E-state index is -0.555. The molecule has 0 spiro atoms. The summed E-state index contributed by atoms with van der Waals surface area (Å²) in [7, 11) is 0. The monoisotopic (exact) mass is 246 g/mol. The van der Waals surface area contributed by atoms with E-state index < -0.39 is 11.6 Å². The number of carbonyl (C=O) groups excluding carboxylic acids is 2. The highest BCUT2D eigenvalue weighted by Crippen LogP contribution is 2.09. The molecule has 3 nitrogen and oxygen atoms in total. The number of benzene rings is 1. The van der Waals surface area contributed by atoms with E-state index in [1.165, 1.54) is 6.08 Å². The lowest BCUT2D eigenvalue weighted by atomic mass is 10.1. The summed E-state index contributed by atoms with van der Waals surface area (Å²) >= 11 is 0. The predicted octanol–water partition coefficient (Wildman–Crippen LogP) is 3.00. The van der Waals surface area contributed by atoms with Crippen LogP contribution in [-0.4, -0.2) is 17.4 Å². The van der Waals surface area contributed by atoms with Crippen LogP contribution in [0.5, 0.6) is 0 Å². The smallest absolute Gasteiger partial charge is 0.314 e. The zero-order chi connectivity index (χ0) is 13.6. The average molecular weight is 246 g/mol. The highest BCUT2D eigenvalue weighted by atomic mass is 16.6. The molecule has 0 saturated heterocycles. The summed E-state index contributed by atoms with van der Waals surface area (Å²) in [5, 5.41) is 0. The second-order valence-electron chi connectivity index (χ2n) is 4.97. The Labute approximate surface area is 107 Å². The second kappa shape index (κ2) is 6.15. The quantitative estimate of drug-likeness (QED) is 0.466. The van der Waals surface area contributed by atoms with E-state index >= 15 is 0 Å². The van der Waals surface area contributed by atoms with Gasteiger partial charge < -0.3 is 4.74 Å². The molecule has 3 heteroatoms. The van der Waals surface area contributed by atoms with E-state index in [4.69, 9.17) is 4.74 Å². The number of ether oxygens (including phenoxy) is 1. The van der Waals surface area contributed by atoms with Crippen LogP contribution < -0.4 is 0 Å². The lowest BCUT2D eigenvalue weighted by Gasteiger charge is -2.18. The van der Waals surface area contributed by atoms with E-state index in [0.29, 0.717) is 0 Å². The molecule has 0 radical (unpaired) electrons. The maximum Gasteiger partial charge on any atom is 0.314 e. The number of allylic oxidation sites excluding steroid dienone is 1. The zero-order valence-corrected chi connectivity index (χ0v) is 11.0. The van der Waals surface area contributed by atoms with Gasteiger partial charge in [0.05, 0.1) is 0 Å². The van der Waals surface area contributed by atoms with Crippen molar-refractivity contribution in [1.29, 1.82) is 0 Å². The number of rotatable bonds is 4. The molecule has 1 rings (SSSR count). The first-order chi connectivity index (χ1) is 8.37. The Balaban J connectivity index is 2.47. The lowest BCUT2D eigenvalue weighted by Crippen LogP contribution is -2.24. The van der Waals surface area contributed by atoms with Gasteiger partial charge in [0.15, 0.2) is 5.78 Å². The van der Waals surface area contributed by atoms with Crippen LogP contribution in [0.15, 0.2) is 36.4 Å². The number of hydrogen-bond donors (Lipinski definition) is 0. The summed E-state index contributed by atoms with van der Waals surface area (Å²) in [5.41, 5.74) is 0.371. The molecule has 0 fully saturated rings. The fourth-order valence-corrected chi connectivity index (χ4v) is 1.33. The minimum absolute atomic E-state index is 0.222. The molecule has 1 aromatic rings. The summed E-state index contributed by atoms with van der Waals surface area (Å²) in [6.45, 7) is 5.32. The van der Waals surface area contributed by atoms with Crippen molar-refractivity contribution in [2.45, 2.75) is 32.8 Å². The van der Waals surface area contributed by atoms with Crippen LogP contribution in [0.1, 0.15) is 32.8 Å². The molecule has 0 aromatic heterocycles. The van der Waals surface area contributed by atoms with Gasteiger partial charge in [-0.15, -0.1) is 0 Å². The van der Waals surface area contributed by atoms with Crippen molar-refractivity contribution in [3.63, 3.8) is 0 Å². The molecule has 0 heterocycles. The molecule has 96 valence electrons. The Morgan fingerprint density at radius 2 is 1.78 bits per heavy atom. The first-order valence-corrected chi connectivity index (χ1v) is 5.84. The van der Waals surface area contributed by atoms with Gasteiger partial charge in [-0.3, -0.25) is 9.59 Å². The van der Waals surface area contributed by atoms with E-state index in [1.807, 2.05) is 30.3 Å². The molecule has 0 bridgehead atoms. The van der Waals surface area contributed by atoms with Crippen molar-refractivity contribution in [2.75, 3.05) is 0 Å². The van der Waals surface area contributed by atoms with Crippen molar-refractivity contribution >= 4 is 17.8 Å². The normalized spacial score (nSPS) is 11.5. The van der Waals surface area contributed by atoms with E-state index in [-0.39, 0.29) is 12.2 Å². The van der Waals surface area contributed by atoms with Crippen LogP contribution in [-0.2, 0) is 14.3 Å². The van der Waals surface area contributed by atoms with E-state index in [1.54, 1.807) is 26.8 Å². The summed E-state index contributed by atoms with van der Waals surface area (Å²) < 4.78 is 5.07. The fourth-order valence-electron chi connectivity index (χ4n) is 1.33. The van der Waals surface area contributed by atoms with Gasteiger partial charge in [-0.2, -0.15) is 0 Å². The molecule has 0 unspecified atom stereocenters. The van der Waals surface area contributed by atoms with Crippen LogP contribution in [0.2, 0.25) is 0 Å². The Kier molecular flexibility index (Phi) is 4.84. The summed E-state index contributed by atoms with van der Waals surface area (Å²) in [4.78, 5) is 22.9. The summed E-state index contributed by atoms with van der Waals surface area (Å²) in [6, 6.07) is 9.45. The molecular weight excluding hydrogens is 228 g/mol. The van der Waals surface area contributed by atoms with Crippen LogP contribution in [0, 0.1) is 0 Å². The van der Waals surface area contributed by atoms with Gasteiger partial charge in [-0.1, -0.05) is 36.4 Å². The maximum absolute atomic E-state index is 11.5. The van der Waals surface area contributed by atoms with Crippen LogP contribution >= 0.6 is 0 Å². The minimum Gasteiger partial charge on any atom is -0.460 e. The molecule has 0 aliphatic carbocycles. The first-order valence-electron chi connectivity index (χ1n) is 5.84. The van der Waals surface area contributed by atoms with Crippen molar-refractivity contribution in [2.24, 2.45) is 0 Å². The van der Waals surface area contributed by atoms with Gasteiger partial charge >= 0.3 is 5.97 Å². The fraction of sp³-hybridized carbons (Fsp3) is 0.333. The summed E-state index contributed by atoms with van der Waals surface area (Å²) in [5.74, 6) is -0.752. The van der Waals surface area contributed by atoms with E-state index in [9.17, 15) is 9.59 Å². The van der Waals surface area contributed by atoms with Crippen LogP contribution in [0.4, 0.5) is 0 Å². The topological polar surface area (TPSA) is 43.4 Å². The van der Waals surface area contributed by atoms with Crippen molar-refractivity contribution in [1.82, 2.24) is 0 Å². The molecule has 18 heavy (non-hydrogen) atoms. The molecular formula is C15H18O3. The van der Waals surface area contributed by atoms with Gasteiger partial charge in [-0.05, 0) is 32.4 Å². The van der Waals surface area contributed by atoms with Crippen molar-refractivity contribution in [3.05, 3.63) is 42.0 Å². The third kappa shape index (κ3) is 5.99. The predicted molar refractivity (Wildman–Crippen MR) is 70.9 cm³/mol. The van der Waals surface area contributed by atoms with E-state index in [2.05, 4.69) is 0 Å². The zero-order valence-electron chi connectivity index (χ0n) is 11.0. The lowest BCUT2D eigenvalue weighted by molar-refractivity contribution is -0.155. The highest BCUT2D eigenvalue weighted by molar-refractivity contribution is 6.04. The molecule has 0 atom stereocenters.